The number of aryl methyl sites for hydroxylation is 1. The molecule has 1 aromatic heterocycles. The Morgan fingerprint density at radius 3 is 2.37 bits per heavy atom. The third-order valence-corrected chi connectivity index (χ3v) is 9.62. The number of amides is 2. The molecule has 268 valence electrons. The Kier molecular flexibility index (Phi) is 12.3. The second-order valence-corrected chi connectivity index (χ2v) is 12.9. The molecule has 1 aliphatic rings. The van der Waals surface area contributed by atoms with Crippen LogP contribution in [0.2, 0.25) is 0 Å². The van der Waals surface area contributed by atoms with E-state index in [2.05, 4.69) is 20.9 Å². The highest BCUT2D eigenvalue weighted by Crippen LogP contribution is 2.50. The smallest absolute Gasteiger partial charge is 0.358 e. The van der Waals surface area contributed by atoms with Crippen LogP contribution in [0, 0.1) is 0 Å². The molecule has 5 rings (SSSR count). The normalized spacial score (nSPS) is 13.2. The summed E-state index contributed by atoms with van der Waals surface area (Å²) in [4.78, 5) is 55.8. The second kappa shape index (κ2) is 17.0. The Labute approximate surface area is 300 Å². The van der Waals surface area contributed by atoms with Crippen LogP contribution >= 0.6 is 11.3 Å². The lowest BCUT2D eigenvalue weighted by atomic mass is 9.95. The molecule has 0 saturated carbocycles. The molecule has 3 aromatic carbocycles. The fourth-order valence-electron chi connectivity index (χ4n) is 6.24. The van der Waals surface area contributed by atoms with Crippen LogP contribution < -0.4 is 35.6 Å². The number of fused-ring (bicyclic) bond motifs is 3. The number of carbonyl (C=O) groups is 3. The number of thiazole rings is 1. The van der Waals surface area contributed by atoms with Crippen LogP contribution in [0.15, 0.2) is 59.4 Å². The summed E-state index contributed by atoms with van der Waals surface area (Å²) in [7, 11) is 5.97. The minimum absolute atomic E-state index is 0.160. The molecule has 1 unspecified atom stereocenters. The summed E-state index contributed by atoms with van der Waals surface area (Å²) in [6.07, 6.45) is 3.53. The first-order valence-corrected chi connectivity index (χ1v) is 17.5. The van der Waals surface area contributed by atoms with Crippen molar-refractivity contribution >= 4 is 39.9 Å². The third kappa shape index (κ3) is 8.48. The van der Waals surface area contributed by atoms with E-state index >= 15 is 0 Å². The largest absolute Gasteiger partial charge is 0.493 e. The predicted octanol–water partition coefficient (Wildman–Crippen LogP) is 6.38. The highest BCUT2D eigenvalue weighted by molar-refractivity contribution is 7.19. The van der Waals surface area contributed by atoms with Gasteiger partial charge in [0.1, 0.15) is 0 Å². The molecule has 12 nitrogen and oxygen atoms in total. The van der Waals surface area contributed by atoms with Crippen LogP contribution in [-0.2, 0) is 20.7 Å². The van der Waals surface area contributed by atoms with Crippen molar-refractivity contribution in [3.8, 4) is 38.8 Å². The molecule has 2 amide bonds. The number of ether oxygens (including phenoxy) is 4. The van der Waals surface area contributed by atoms with E-state index < -0.39 is 12.0 Å². The van der Waals surface area contributed by atoms with Gasteiger partial charge in [-0.2, -0.15) is 0 Å². The molecular weight excluding hydrogens is 673 g/mol. The minimum atomic E-state index is -0.569. The number of hydrogen-bond donors (Lipinski definition) is 3. The lowest BCUT2D eigenvalue weighted by Gasteiger charge is -2.19. The quantitative estimate of drug-likeness (QED) is 0.0990. The summed E-state index contributed by atoms with van der Waals surface area (Å²) in [5.74, 6) is 0.497. The number of methoxy groups -OCH3 is 4. The average molecular weight is 715 g/mol. The van der Waals surface area contributed by atoms with Crippen molar-refractivity contribution in [2.75, 3.05) is 45.6 Å². The van der Waals surface area contributed by atoms with Crippen LogP contribution in [0.3, 0.4) is 0 Å². The maximum atomic E-state index is 13.5. The summed E-state index contributed by atoms with van der Waals surface area (Å²) < 4.78 is 22.0. The number of benzene rings is 2. The van der Waals surface area contributed by atoms with E-state index in [1.165, 1.54) is 25.4 Å². The molecule has 0 spiro atoms. The average Bonchev–Trinajstić information content (AvgIpc) is 3.41. The standard InChI is InChI=1S/C38H42N4O8S/c1-22(43)40-27-17-15-24-20-30(47-2)34(48-3)35(49-4)32(24)25-16-18-28(29(44)21-26(25)27)39-19-11-7-10-14-31(45)41-38-42-33(37(46)50-5)36(51-38)23-12-8-6-9-13-23/h6,8-9,12-13,16,18,20-21,27H,7,10-11,14-15,17,19H2,1-5H3,(H,39,44)(H,40,43)(H,41,42,45). The Balaban J connectivity index is 1.25. The number of nitrogens with zero attached hydrogens (tertiary/aromatic N) is 1. The Morgan fingerprint density at radius 1 is 0.922 bits per heavy atom. The molecule has 13 heteroatoms. The van der Waals surface area contributed by atoms with Gasteiger partial charge >= 0.3 is 5.97 Å². The van der Waals surface area contributed by atoms with Gasteiger partial charge in [0.05, 0.1) is 45.0 Å². The first kappa shape index (κ1) is 36.8. The highest BCUT2D eigenvalue weighted by atomic mass is 32.1. The molecule has 0 bridgehead atoms. The number of hydrogen-bond acceptors (Lipinski definition) is 11. The van der Waals surface area contributed by atoms with Crippen LogP contribution in [-0.4, -0.2) is 57.8 Å². The first-order chi connectivity index (χ1) is 24.7. The van der Waals surface area contributed by atoms with Gasteiger partial charge in [0.25, 0.3) is 0 Å². The molecule has 0 saturated heterocycles. The third-order valence-electron chi connectivity index (χ3n) is 8.60. The van der Waals surface area contributed by atoms with Crippen molar-refractivity contribution in [3.63, 3.8) is 0 Å². The molecule has 0 radical (unpaired) electrons. The predicted molar refractivity (Wildman–Crippen MR) is 197 cm³/mol. The topological polar surface area (TPSA) is 154 Å². The summed E-state index contributed by atoms with van der Waals surface area (Å²) in [5.41, 5.74) is 4.36. The van der Waals surface area contributed by atoms with Crippen LogP contribution in [0.25, 0.3) is 21.6 Å². The van der Waals surface area contributed by atoms with Gasteiger partial charge in [0.2, 0.25) is 23.0 Å². The Hall–Kier alpha value is -5.43. The summed E-state index contributed by atoms with van der Waals surface area (Å²) in [6.45, 7) is 1.98. The molecule has 1 atom stereocenters. The molecular formula is C38H42N4O8S. The highest BCUT2D eigenvalue weighted by Gasteiger charge is 2.29. The zero-order chi connectivity index (χ0) is 36.5. The van der Waals surface area contributed by atoms with Gasteiger partial charge in [-0.25, -0.2) is 9.78 Å². The van der Waals surface area contributed by atoms with Crippen LogP contribution in [0.1, 0.15) is 66.7 Å². The van der Waals surface area contributed by atoms with E-state index in [0.29, 0.717) is 64.3 Å². The van der Waals surface area contributed by atoms with E-state index in [9.17, 15) is 19.2 Å². The van der Waals surface area contributed by atoms with Crippen molar-refractivity contribution in [1.29, 1.82) is 0 Å². The molecule has 1 heterocycles. The van der Waals surface area contributed by atoms with Gasteiger partial charge < -0.3 is 34.9 Å². The fraction of sp³-hybridized carbons (Fsp3) is 0.342. The molecule has 0 aliphatic heterocycles. The number of esters is 1. The first-order valence-electron chi connectivity index (χ1n) is 16.6. The van der Waals surface area contributed by atoms with Gasteiger partial charge in [-0.3, -0.25) is 14.4 Å². The molecule has 4 aromatic rings. The second-order valence-electron chi connectivity index (χ2n) is 11.9. The van der Waals surface area contributed by atoms with Crippen molar-refractivity contribution < 1.29 is 33.3 Å². The number of rotatable bonds is 14. The number of unbranched alkanes of at least 4 members (excludes halogenated alkanes) is 2. The van der Waals surface area contributed by atoms with E-state index in [1.807, 2.05) is 42.5 Å². The van der Waals surface area contributed by atoms with E-state index in [-0.39, 0.29) is 29.4 Å². The van der Waals surface area contributed by atoms with Gasteiger partial charge in [-0.1, -0.05) is 54.2 Å². The summed E-state index contributed by atoms with van der Waals surface area (Å²) in [5, 5.41) is 9.42. The summed E-state index contributed by atoms with van der Waals surface area (Å²) >= 11 is 1.22. The number of carbonyl (C=O) groups excluding carboxylic acids is 3. The Bertz CT molecular complexity index is 1960. The summed E-state index contributed by atoms with van der Waals surface area (Å²) in [6, 6.07) is 16.1. The zero-order valence-electron chi connectivity index (χ0n) is 29.3. The van der Waals surface area contributed by atoms with Gasteiger partial charge in [0, 0.05) is 25.5 Å². The van der Waals surface area contributed by atoms with Crippen molar-refractivity contribution in [3.05, 3.63) is 81.6 Å². The minimum Gasteiger partial charge on any atom is -0.493 e. The monoisotopic (exact) mass is 714 g/mol. The van der Waals surface area contributed by atoms with Crippen molar-refractivity contribution in [1.82, 2.24) is 10.3 Å². The van der Waals surface area contributed by atoms with Gasteiger partial charge in [-0.05, 0) is 66.1 Å². The molecule has 1 aliphatic carbocycles. The SMILES string of the molecule is COC(=O)c1nc(NC(=O)CCCCCNc2ccc3c(cc2=O)C(NC(C)=O)CCc2cc(OC)c(OC)c(OC)c2-3)sc1-c1ccccc1. The number of nitrogens with one attached hydrogen (secondary N) is 3. The van der Waals surface area contributed by atoms with E-state index in [4.69, 9.17) is 18.9 Å². The molecule has 0 fully saturated rings. The lowest BCUT2D eigenvalue weighted by molar-refractivity contribution is -0.119. The molecule has 51 heavy (non-hydrogen) atoms. The number of anilines is 2. The lowest BCUT2D eigenvalue weighted by Crippen LogP contribution is -2.26. The maximum absolute atomic E-state index is 13.5. The molecule has 3 N–H and O–H groups in total. The Morgan fingerprint density at radius 2 is 1.69 bits per heavy atom. The van der Waals surface area contributed by atoms with Gasteiger partial charge in [-0.15, -0.1) is 0 Å². The van der Waals surface area contributed by atoms with Crippen molar-refractivity contribution in [2.24, 2.45) is 0 Å². The van der Waals surface area contributed by atoms with E-state index in [1.54, 1.807) is 33.5 Å². The van der Waals surface area contributed by atoms with Crippen LogP contribution in [0.5, 0.6) is 17.2 Å². The van der Waals surface area contributed by atoms with E-state index in [0.717, 1.165) is 35.1 Å². The van der Waals surface area contributed by atoms with Crippen molar-refractivity contribution in [2.45, 2.75) is 51.5 Å². The van der Waals surface area contributed by atoms with Crippen LogP contribution in [0.4, 0.5) is 10.8 Å². The number of aromatic nitrogens is 1. The maximum Gasteiger partial charge on any atom is 0.358 e. The fourth-order valence-corrected chi connectivity index (χ4v) is 7.21. The zero-order valence-corrected chi connectivity index (χ0v) is 30.2. The van der Waals surface area contributed by atoms with Gasteiger partial charge in [0.15, 0.2) is 22.3 Å².